The monoisotopic (exact) mass is 276 g/mol. The lowest BCUT2D eigenvalue weighted by molar-refractivity contribution is 0.244. The number of aromatic nitrogens is 2. The number of rotatable bonds is 3. The number of benzene rings is 1. The Bertz CT molecular complexity index is 518. The molecule has 2 aromatic rings. The molecule has 0 amide bonds. The molecular formula is C14H17ClN4. The van der Waals surface area contributed by atoms with Gasteiger partial charge in [-0.15, -0.1) is 0 Å². The average molecular weight is 277 g/mol. The van der Waals surface area contributed by atoms with Gasteiger partial charge in [-0.05, 0) is 12.1 Å². The summed E-state index contributed by atoms with van der Waals surface area (Å²) in [5.74, 6) is 1.03. The Morgan fingerprint density at radius 1 is 1.16 bits per heavy atom. The molecule has 1 aliphatic heterocycles. The lowest BCUT2D eigenvalue weighted by Gasteiger charge is -2.36. The van der Waals surface area contributed by atoms with Gasteiger partial charge in [0.2, 0.25) is 0 Å². The van der Waals surface area contributed by atoms with E-state index in [4.69, 9.17) is 11.6 Å². The van der Waals surface area contributed by atoms with Crippen LogP contribution in [-0.2, 0) is 6.54 Å². The minimum absolute atomic E-state index is 0.835. The third kappa shape index (κ3) is 2.91. The smallest absolute Gasteiger partial charge is 0.120 e. The summed E-state index contributed by atoms with van der Waals surface area (Å²) in [5.41, 5.74) is 1.14. The van der Waals surface area contributed by atoms with Gasteiger partial charge in [-0.3, -0.25) is 4.90 Å². The molecule has 1 aromatic heterocycles. The van der Waals surface area contributed by atoms with Gasteiger partial charge in [-0.2, -0.15) is 0 Å². The highest BCUT2D eigenvalue weighted by Crippen LogP contribution is 2.26. The summed E-state index contributed by atoms with van der Waals surface area (Å²) in [4.78, 5) is 12.2. The van der Waals surface area contributed by atoms with Gasteiger partial charge in [0.25, 0.3) is 0 Å². The van der Waals surface area contributed by atoms with Crippen molar-refractivity contribution in [1.29, 1.82) is 0 Å². The van der Waals surface area contributed by atoms with Gasteiger partial charge in [0, 0.05) is 38.6 Å². The predicted molar refractivity (Wildman–Crippen MR) is 77.5 cm³/mol. The van der Waals surface area contributed by atoms with Crippen LogP contribution in [-0.4, -0.2) is 41.0 Å². The number of imidazole rings is 1. The first-order chi connectivity index (χ1) is 9.33. The molecule has 0 radical (unpaired) electrons. The van der Waals surface area contributed by atoms with Crippen molar-refractivity contribution in [3.8, 4) is 0 Å². The van der Waals surface area contributed by atoms with E-state index in [0.29, 0.717) is 0 Å². The van der Waals surface area contributed by atoms with Crippen LogP contribution in [0.25, 0.3) is 0 Å². The number of nitrogens with zero attached hydrogens (tertiary/aromatic N) is 3. The van der Waals surface area contributed by atoms with E-state index < -0.39 is 0 Å². The van der Waals surface area contributed by atoms with Crippen molar-refractivity contribution < 1.29 is 0 Å². The van der Waals surface area contributed by atoms with Crippen molar-refractivity contribution in [2.75, 3.05) is 31.1 Å². The number of anilines is 1. The third-order valence-corrected chi connectivity index (χ3v) is 3.81. The van der Waals surface area contributed by atoms with E-state index in [1.807, 2.05) is 24.4 Å². The van der Waals surface area contributed by atoms with Crippen LogP contribution in [0.5, 0.6) is 0 Å². The molecule has 1 saturated heterocycles. The lowest BCUT2D eigenvalue weighted by Crippen LogP contribution is -2.46. The first-order valence-electron chi connectivity index (χ1n) is 6.53. The molecule has 0 atom stereocenters. The van der Waals surface area contributed by atoms with E-state index in [2.05, 4.69) is 25.8 Å². The fourth-order valence-corrected chi connectivity index (χ4v) is 2.71. The van der Waals surface area contributed by atoms with Crippen LogP contribution in [0.2, 0.25) is 5.02 Å². The van der Waals surface area contributed by atoms with Crippen LogP contribution in [0.1, 0.15) is 5.82 Å². The highest BCUT2D eigenvalue weighted by molar-refractivity contribution is 6.33. The fraction of sp³-hybridized carbons (Fsp3) is 0.357. The Hall–Kier alpha value is -1.52. The van der Waals surface area contributed by atoms with Crippen LogP contribution >= 0.6 is 11.6 Å². The maximum atomic E-state index is 6.24. The summed E-state index contributed by atoms with van der Waals surface area (Å²) >= 11 is 6.24. The Balaban J connectivity index is 1.59. The van der Waals surface area contributed by atoms with Crippen LogP contribution in [0.3, 0.4) is 0 Å². The van der Waals surface area contributed by atoms with E-state index in [1.165, 1.54) is 0 Å². The number of para-hydroxylation sites is 1. The van der Waals surface area contributed by atoms with Gasteiger partial charge < -0.3 is 9.88 Å². The van der Waals surface area contributed by atoms with Crippen molar-refractivity contribution in [3.05, 3.63) is 47.5 Å². The molecule has 0 aliphatic carbocycles. The molecule has 2 heterocycles. The first kappa shape index (κ1) is 12.5. The zero-order valence-corrected chi connectivity index (χ0v) is 11.5. The number of aromatic amines is 1. The Morgan fingerprint density at radius 2 is 1.95 bits per heavy atom. The molecule has 0 bridgehead atoms. The maximum absolute atomic E-state index is 6.24. The summed E-state index contributed by atoms with van der Waals surface area (Å²) in [7, 11) is 0. The first-order valence-corrected chi connectivity index (χ1v) is 6.91. The number of H-pyrrole nitrogens is 1. The predicted octanol–water partition coefficient (Wildman–Crippen LogP) is 2.39. The lowest BCUT2D eigenvalue weighted by atomic mass is 10.2. The normalized spacial score (nSPS) is 16.8. The van der Waals surface area contributed by atoms with E-state index in [1.54, 1.807) is 6.20 Å². The van der Waals surface area contributed by atoms with Gasteiger partial charge in [0.1, 0.15) is 5.82 Å². The van der Waals surface area contributed by atoms with Gasteiger partial charge in [0.15, 0.2) is 0 Å². The third-order valence-electron chi connectivity index (χ3n) is 3.49. The Morgan fingerprint density at radius 3 is 2.63 bits per heavy atom. The standard InChI is InChI=1S/C14H17ClN4/c15-12-3-1-2-4-13(12)19-9-7-18(8-10-19)11-14-16-5-6-17-14/h1-6H,7-11H2,(H,16,17). The minimum Gasteiger partial charge on any atom is -0.368 e. The average Bonchev–Trinajstić information content (AvgIpc) is 2.93. The molecular weight excluding hydrogens is 260 g/mol. The molecule has 19 heavy (non-hydrogen) atoms. The number of hydrogen-bond donors (Lipinski definition) is 1. The zero-order valence-electron chi connectivity index (χ0n) is 10.7. The summed E-state index contributed by atoms with van der Waals surface area (Å²) < 4.78 is 0. The molecule has 0 unspecified atom stereocenters. The molecule has 3 rings (SSSR count). The highest BCUT2D eigenvalue weighted by Gasteiger charge is 2.19. The number of halogens is 1. The molecule has 1 aromatic carbocycles. The van der Waals surface area contributed by atoms with Crippen LogP contribution in [0.15, 0.2) is 36.7 Å². The highest BCUT2D eigenvalue weighted by atomic mass is 35.5. The summed E-state index contributed by atoms with van der Waals surface area (Å²) in [6.45, 7) is 4.97. The molecule has 4 nitrogen and oxygen atoms in total. The second-order valence-electron chi connectivity index (χ2n) is 4.75. The van der Waals surface area contributed by atoms with Crippen molar-refractivity contribution >= 4 is 17.3 Å². The van der Waals surface area contributed by atoms with Gasteiger partial charge in [-0.25, -0.2) is 4.98 Å². The van der Waals surface area contributed by atoms with E-state index in [-0.39, 0.29) is 0 Å². The number of piperazine rings is 1. The quantitative estimate of drug-likeness (QED) is 0.935. The summed E-state index contributed by atoms with van der Waals surface area (Å²) in [6, 6.07) is 8.05. The van der Waals surface area contributed by atoms with E-state index in [0.717, 1.165) is 49.3 Å². The van der Waals surface area contributed by atoms with E-state index in [9.17, 15) is 0 Å². The van der Waals surface area contributed by atoms with Crippen molar-refractivity contribution in [2.24, 2.45) is 0 Å². The van der Waals surface area contributed by atoms with Gasteiger partial charge in [0.05, 0.1) is 17.3 Å². The summed E-state index contributed by atoms with van der Waals surface area (Å²) in [6.07, 6.45) is 3.67. The zero-order chi connectivity index (χ0) is 13.1. The van der Waals surface area contributed by atoms with Gasteiger partial charge >= 0.3 is 0 Å². The molecule has 0 spiro atoms. The molecule has 100 valence electrons. The van der Waals surface area contributed by atoms with Crippen LogP contribution < -0.4 is 4.90 Å². The largest absolute Gasteiger partial charge is 0.368 e. The van der Waals surface area contributed by atoms with Gasteiger partial charge in [-0.1, -0.05) is 23.7 Å². The molecule has 1 fully saturated rings. The van der Waals surface area contributed by atoms with Crippen molar-refractivity contribution in [3.63, 3.8) is 0 Å². The molecule has 5 heteroatoms. The second-order valence-corrected chi connectivity index (χ2v) is 5.16. The number of hydrogen-bond acceptors (Lipinski definition) is 3. The molecule has 1 N–H and O–H groups in total. The van der Waals surface area contributed by atoms with E-state index >= 15 is 0 Å². The fourth-order valence-electron chi connectivity index (χ4n) is 2.45. The minimum atomic E-state index is 0.835. The Kier molecular flexibility index (Phi) is 3.71. The van der Waals surface area contributed by atoms with Crippen molar-refractivity contribution in [2.45, 2.75) is 6.54 Å². The second kappa shape index (κ2) is 5.63. The van der Waals surface area contributed by atoms with Crippen LogP contribution in [0, 0.1) is 0 Å². The van der Waals surface area contributed by atoms with Crippen LogP contribution in [0.4, 0.5) is 5.69 Å². The topological polar surface area (TPSA) is 35.2 Å². The van der Waals surface area contributed by atoms with Crippen molar-refractivity contribution in [1.82, 2.24) is 14.9 Å². The summed E-state index contributed by atoms with van der Waals surface area (Å²) in [5, 5.41) is 0.835. The Labute approximate surface area is 118 Å². The maximum Gasteiger partial charge on any atom is 0.120 e. The number of nitrogens with one attached hydrogen (secondary N) is 1. The molecule has 0 saturated carbocycles. The SMILES string of the molecule is Clc1ccccc1N1CCN(Cc2ncc[nH]2)CC1. The molecule has 1 aliphatic rings.